The Morgan fingerprint density at radius 3 is 2.79 bits per heavy atom. The normalized spacial score (nSPS) is 19.9. The number of aryl methyl sites for hydroxylation is 1. The van der Waals surface area contributed by atoms with Crippen LogP contribution in [-0.2, 0) is 22.5 Å². The molecule has 0 bridgehead atoms. The highest BCUT2D eigenvalue weighted by atomic mass is 35.5. The van der Waals surface area contributed by atoms with Crippen LogP contribution in [0.25, 0.3) is 21.5 Å². The molecule has 4 heterocycles. The van der Waals surface area contributed by atoms with E-state index in [1.54, 1.807) is 0 Å². The Hall–Kier alpha value is -2.73. The Bertz CT molecular complexity index is 1420. The minimum Gasteiger partial charge on any atom is -0.360 e. The molecule has 0 spiro atoms. The number of carbonyl (C=O) groups excluding carboxylic acids is 2. The fourth-order valence-electron chi connectivity index (χ4n) is 5.33. The number of nitrogens with two attached hydrogens (primary N) is 1. The number of aromatic nitrogens is 2. The van der Waals surface area contributed by atoms with Crippen molar-refractivity contribution in [1.82, 2.24) is 19.8 Å². The van der Waals surface area contributed by atoms with E-state index in [2.05, 4.69) is 29.1 Å². The number of thiophene rings is 1. The number of halogens is 3. The van der Waals surface area contributed by atoms with Crippen LogP contribution in [0.4, 0.5) is 13.6 Å². The van der Waals surface area contributed by atoms with Gasteiger partial charge in [-0.05, 0) is 50.1 Å². The Balaban J connectivity index is 1.48. The number of hydrogen-bond donors (Lipinski definition) is 1. The highest BCUT2D eigenvalue weighted by Gasteiger charge is 2.34. The summed E-state index contributed by atoms with van der Waals surface area (Å²) in [6, 6.07) is 4.96. The number of imide groups is 1. The summed E-state index contributed by atoms with van der Waals surface area (Å²) in [5.41, 5.74) is 4.19. The van der Waals surface area contributed by atoms with Gasteiger partial charge in [0.2, 0.25) is 5.91 Å². The molecule has 8 nitrogen and oxygen atoms in total. The summed E-state index contributed by atoms with van der Waals surface area (Å²) in [6.45, 7) is 7.27. The van der Waals surface area contributed by atoms with Crippen LogP contribution in [0.5, 0.6) is 0 Å². The molecule has 2 aliphatic rings. The maximum atomic E-state index is 12.9. The number of nitrogens with zero attached hydrogens (tertiary/aromatic N) is 4. The Morgan fingerprint density at radius 2 is 2.05 bits per heavy atom. The first kappa shape index (κ1) is 27.8. The zero-order chi connectivity index (χ0) is 27.9. The van der Waals surface area contributed by atoms with Crippen LogP contribution in [0, 0.1) is 6.92 Å². The lowest BCUT2D eigenvalue weighted by atomic mass is 9.93. The summed E-state index contributed by atoms with van der Waals surface area (Å²) in [5, 5.41) is 2.87. The molecule has 2 saturated heterocycles. The summed E-state index contributed by atoms with van der Waals surface area (Å²) in [4.78, 5) is 37.1. The number of morpholine rings is 1. The maximum Gasteiger partial charge on any atom is 0.327 e. The second kappa shape index (κ2) is 11.0. The minimum atomic E-state index is -2.66. The molecule has 1 unspecified atom stereocenters. The van der Waals surface area contributed by atoms with Crippen molar-refractivity contribution in [3.05, 3.63) is 45.6 Å². The number of fused-ring (bicyclic) bond motifs is 1. The molecular formula is C27H31ClF2N5O3S+. The monoisotopic (exact) mass is 578 g/mol. The van der Waals surface area contributed by atoms with E-state index in [-0.39, 0.29) is 37.1 Å². The van der Waals surface area contributed by atoms with Gasteiger partial charge < -0.3 is 15.0 Å². The second-order valence-electron chi connectivity index (χ2n) is 10.7. The smallest absolute Gasteiger partial charge is 0.327 e. The van der Waals surface area contributed by atoms with Crippen molar-refractivity contribution in [3.63, 3.8) is 0 Å². The number of amides is 3. The van der Waals surface area contributed by atoms with E-state index in [1.807, 2.05) is 25.1 Å². The van der Waals surface area contributed by atoms with Crippen molar-refractivity contribution in [1.29, 1.82) is 0 Å². The van der Waals surface area contributed by atoms with Crippen LogP contribution in [0.15, 0.2) is 24.5 Å². The van der Waals surface area contributed by atoms with Crippen molar-refractivity contribution in [2.75, 3.05) is 26.2 Å². The molecular weight excluding hydrogens is 548 g/mol. The number of ether oxygens (including phenoxy) is 1. The van der Waals surface area contributed by atoms with Gasteiger partial charge in [0.15, 0.2) is 0 Å². The largest absolute Gasteiger partial charge is 0.360 e. The molecule has 3 aromatic rings. The maximum absolute atomic E-state index is 12.9. The van der Waals surface area contributed by atoms with Crippen LogP contribution >= 0.6 is 22.9 Å². The van der Waals surface area contributed by atoms with Crippen molar-refractivity contribution in [2.45, 2.75) is 58.3 Å². The molecule has 208 valence electrons. The number of carbonyl (C=O) groups is 2. The average molecular weight is 579 g/mol. The lowest BCUT2D eigenvalue weighted by molar-refractivity contribution is -0.691. The van der Waals surface area contributed by atoms with E-state index in [9.17, 15) is 18.4 Å². The zero-order valence-electron chi connectivity index (χ0n) is 22.0. The number of hydrogen-bond acceptors (Lipinski definition) is 6. The summed E-state index contributed by atoms with van der Waals surface area (Å²) >= 11 is 7.89. The van der Waals surface area contributed by atoms with E-state index < -0.39 is 19.0 Å². The van der Waals surface area contributed by atoms with Crippen LogP contribution in [-0.4, -0.2) is 76.0 Å². The first-order chi connectivity index (χ1) is 18.5. The number of benzene rings is 1. The van der Waals surface area contributed by atoms with E-state index in [0.29, 0.717) is 27.5 Å². The quantitative estimate of drug-likeness (QED) is 0.457. The van der Waals surface area contributed by atoms with Crippen molar-refractivity contribution < 1.29 is 28.4 Å². The average Bonchev–Trinajstić information content (AvgIpc) is 3.27. The van der Waals surface area contributed by atoms with Crippen LogP contribution in [0.2, 0.25) is 5.02 Å². The molecule has 2 aliphatic heterocycles. The molecule has 0 saturated carbocycles. The van der Waals surface area contributed by atoms with E-state index in [1.165, 1.54) is 17.7 Å². The lowest BCUT2D eigenvalue weighted by Crippen LogP contribution is -2.93. The standard InChI is InChI=1S/C27H30ClF2N5O3S/c1-15-6-16(28)7-20(19(15)8-17-10-31-13-27(2,3)38-17)24-25-21(32-14-33-24)9-18(39-25)11-35-23(36)4-5-34(26(35)37)12-22(29)30/h6-7,9,14,17,22,31H,4-5,8,10-13H2,1-3H3/p+1. The van der Waals surface area contributed by atoms with Gasteiger partial charge in [0, 0.05) is 34.8 Å². The Morgan fingerprint density at radius 1 is 1.26 bits per heavy atom. The predicted octanol–water partition coefficient (Wildman–Crippen LogP) is 4.02. The van der Waals surface area contributed by atoms with Gasteiger partial charge in [-0.3, -0.25) is 9.69 Å². The fraction of sp³-hybridized carbons (Fsp3) is 0.481. The topological polar surface area (TPSA) is 92.2 Å². The van der Waals surface area contributed by atoms with Gasteiger partial charge in [-0.1, -0.05) is 11.6 Å². The van der Waals surface area contributed by atoms with Gasteiger partial charge >= 0.3 is 6.03 Å². The van der Waals surface area contributed by atoms with E-state index in [4.69, 9.17) is 16.3 Å². The first-order valence-electron chi connectivity index (χ1n) is 12.9. The molecule has 12 heteroatoms. The molecule has 39 heavy (non-hydrogen) atoms. The highest BCUT2D eigenvalue weighted by Crippen LogP contribution is 2.38. The Kier molecular flexibility index (Phi) is 7.87. The summed E-state index contributed by atoms with van der Waals surface area (Å²) in [5.74, 6) is -0.380. The third kappa shape index (κ3) is 6.06. The molecule has 2 fully saturated rings. The molecule has 3 amide bonds. The fourth-order valence-corrected chi connectivity index (χ4v) is 6.71. The van der Waals surface area contributed by atoms with Crippen LogP contribution in [0.1, 0.15) is 36.3 Å². The first-order valence-corrected chi connectivity index (χ1v) is 14.1. The van der Waals surface area contributed by atoms with Crippen molar-refractivity contribution in [2.24, 2.45) is 0 Å². The van der Waals surface area contributed by atoms with Gasteiger partial charge in [-0.15, -0.1) is 11.3 Å². The second-order valence-corrected chi connectivity index (χ2v) is 12.3. The lowest BCUT2D eigenvalue weighted by Gasteiger charge is -2.34. The molecule has 0 aliphatic carbocycles. The molecule has 0 radical (unpaired) electrons. The number of urea groups is 1. The number of alkyl halides is 2. The van der Waals surface area contributed by atoms with Gasteiger partial charge in [-0.25, -0.2) is 23.5 Å². The number of quaternary nitrogens is 1. The third-order valence-corrected chi connectivity index (χ3v) is 8.44. The van der Waals surface area contributed by atoms with Gasteiger partial charge in [0.05, 0.1) is 29.0 Å². The zero-order valence-corrected chi connectivity index (χ0v) is 23.6. The SMILES string of the molecule is Cc1cc(Cl)cc(-c2ncnc3cc(CN4C(=O)CCN(CC(F)F)C4=O)sc23)c1CC1C[NH2+]CC(C)(C)O1. The molecule has 1 atom stereocenters. The van der Waals surface area contributed by atoms with Gasteiger partial charge in [0.25, 0.3) is 6.43 Å². The van der Waals surface area contributed by atoms with Gasteiger partial charge in [0.1, 0.15) is 31.1 Å². The summed E-state index contributed by atoms with van der Waals surface area (Å²) < 4.78 is 33.0. The van der Waals surface area contributed by atoms with E-state index >= 15 is 0 Å². The van der Waals surface area contributed by atoms with Gasteiger partial charge in [-0.2, -0.15) is 0 Å². The van der Waals surface area contributed by atoms with Crippen molar-refractivity contribution >= 4 is 45.1 Å². The number of rotatable bonds is 7. The molecule has 5 rings (SSSR count). The third-order valence-electron chi connectivity index (χ3n) is 7.11. The van der Waals surface area contributed by atoms with E-state index in [0.717, 1.165) is 44.3 Å². The van der Waals surface area contributed by atoms with Crippen molar-refractivity contribution in [3.8, 4) is 11.3 Å². The molecule has 2 aromatic heterocycles. The summed E-state index contributed by atoms with van der Waals surface area (Å²) in [6.07, 6.45) is -0.445. The summed E-state index contributed by atoms with van der Waals surface area (Å²) in [7, 11) is 0. The highest BCUT2D eigenvalue weighted by molar-refractivity contribution is 7.19. The Labute approximate surface area is 234 Å². The molecule has 1 aromatic carbocycles. The predicted molar refractivity (Wildman–Crippen MR) is 145 cm³/mol. The minimum absolute atomic E-state index is 0.00289. The van der Waals surface area contributed by atoms with Crippen LogP contribution < -0.4 is 5.32 Å². The van der Waals surface area contributed by atoms with Crippen LogP contribution in [0.3, 0.4) is 0 Å². The molecule has 2 N–H and O–H groups in total.